The van der Waals surface area contributed by atoms with Gasteiger partial charge in [0.1, 0.15) is 6.04 Å². The highest BCUT2D eigenvalue weighted by Gasteiger charge is 2.37. The zero-order valence-electron chi connectivity index (χ0n) is 11.6. The fourth-order valence-electron chi connectivity index (χ4n) is 2.71. The highest BCUT2D eigenvalue weighted by molar-refractivity contribution is 5.99. The van der Waals surface area contributed by atoms with Crippen molar-refractivity contribution in [1.82, 2.24) is 4.90 Å². The molecular weight excluding hydrogens is 238 g/mol. The molecule has 1 fully saturated rings. The predicted molar refractivity (Wildman–Crippen MR) is 74.8 cm³/mol. The molecule has 0 spiro atoms. The Hall–Kier alpha value is -1.86. The maximum atomic E-state index is 12.6. The molecule has 2 unspecified atom stereocenters. The van der Waals surface area contributed by atoms with Gasteiger partial charge in [-0.25, -0.2) is 0 Å². The first-order valence-corrected chi connectivity index (χ1v) is 6.52. The Labute approximate surface area is 114 Å². The lowest BCUT2D eigenvalue weighted by Crippen LogP contribution is -2.60. The van der Waals surface area contributed by atoms with E-state index in [0.717, 1.165) is 17.8 Å². The van der Waals surface area contributed by atoms with Crippen molar-refractivity contribution in [2.45, 2.75) is 32.4 Å². The lowest BCUT2D eigenvalue weighted by Gasteiger charge is -2.42. The Balaban J connectivity index is 2.37. The van der Waals surface area contributed by atoms with Crippen LogP contribution in [0.2, 0.25) is 0 Å². The quantitative estimate of drug-likeness (QED) is 0.813. The molecule has 0 aliphatic carbocycles. The topological polar surface area (TPSA) is 47.3 Å². The summed E-state index contributed by atoms with van der Waals surface area (Å²) in [6, 6.07) is 9.79. The number of amides is 1. The van der Waals surface area contributed by atoms with Gasteiger partial charge in [0.05, 0.1) is 12.5 Å². The Morgan fingerprint density at radius 2 is 2.11 bits per heavy atom. The fraction of sp³-hybridized carbons (Fsp3) is 0.467. The van der Waals surface area contributed by atoms with Gasteiger partial charge in [-0.2, -0.15) is 5.26 Å². The number of carbonyl (C=O) groups excluding carboxylic acids is 1. The summed E-state index contributed by atoms with van der Waals surface area (Å²) in [7, 11) is 1.91. The Morgan fingerprint density at radius 3 is 2.74 bits per heavy atom. The molecule has 1 heterocycles. The molecule has 1 aromatic carbocycles. The van der Waals surface area contributed by atoms with Gasteiger partial charge >= 0.3 is 0 Å². The molecule has 1 aliphatic rings. The number of rotatable bonds is 2. The number of nitriles is 1. The minimum Gasteiger partial charge on any atom is -0.307 e. The van der Waals surface area contributed by atoms with E-state index >= 15 is 0 Å². The van der Waals surface area contributed by atoms with Crippen LogP contribution >= 0.6 is 0 Å². The van der Waals surface area contributed by atoms with E-state index in [2.05, 4.69) is 6.07 Å². The first-order valence-electron chi connectivity index (χ1n) is 6.52. The molecule has 0 saturated carbocycles. The van der Waals surface area contributed by atoms with Crippen molar-refractivity contribution in [2.75, 3.05) is 18.5 Å². The normalized spacial score (nSPS) is 24.3. The molecule has 1 saturated heterocycles. The van der Waals surface area contributed by atoms with Gasteiger partial charge in [-0.1, -0.05) is 18.2 Å². The van der Waals surface area contributed by atoms with Crippen molar-refractivity contribution >= 4 is 11.6 Å². The SMILES string of the molecule is Cc1ccccc1N1C(=O)C(CC#N)N(C)CC1C. The van der Waals surface area contributed by atoms with Gasteiger partial charge in [0.15, 0.2) is 0 Å². The van der Waals surface area contributed by atoms with Crippen molar-refractivity contribution in [3.63, 3.8) is 0 Å². The molecule has 100 valence electrons. The van der Waals surface area contributed by atoms with Gasteiger partial charge < -0.3 is 4.90 Å². The molecule has 2 atom stereocenters. The van der Waals surface area contributed by atoms with Gasteiger partial charge in [-0.15, -0.1) is 0 Å². The molecule has 0 aromatic heterocycles. The van der Waals surface area contributed by atoms with Gasteiger partial charge in [0, 0.05) is 18.3 Å². The minimum atomic E-state index is -0.333. The number of likely N-dealkylation sites (N-methyl/N-ethyl adjacent to an activating group) is 1. The zero-order valence-corrected chi connectivity index (χ0v) is 11.6. The summed E-state index contributed by atoms with van der Waals surface area (Å²) in [5.74, 6) is 0.0251. The minimum absolute atomic E-state index is 0.0251. The van der Waals surface area contributed by atoms with Crippen LogP contribution in [0.15, 0.2) is 24.3 Å². The van der Waals surface area contributed by atoms with E-state index in [-0.39, 0.29) is 24.4 Å². The summed E-state index contributed by atoms with van der Waals surface area (Å²) in [5, 5.41) is 8.88. The second kappa shape index (κ2) is 5.41. The average Bonchev–Trinajstić information content (AvgIpc) is 2.36. The summed E-state index contributed by atoms with van der Waals surface area (Å²) >= 11 is 0. The van der Waals surface area contributed by atoms with E-state index < -0.39 is 0 Å². The van der Waals surface area contributed by atoms with Crippen LogP contribution in [0.4, 0.5) is 5.69 Å². The Morgan fingerprint density at radius 1 is 1.42 bits per heavy atom. The van der Waals surface area contributed by atoms with Crippen molar-refractivity contribution in [3.05, 3.63) is 29.8 Å². The molecule has 19 heavy (non-hydrogen) atoms. The standard InChI is InChI=1S/C15H19N3O/c1-11-6-4-5-7-13(11)18-12(2)10-17(3)14(8-9-16)15(18)19/h4-7,12,14H,8,10H2,1-3H3. The molecule has 0 bridgehead atoms. The molecule has 4 nitrogen and oxygen atoms in total. The third-order valence-electron chi connectivity index (χ3n) is 3.71. The summed E-state index contributed by atoms with van der Waals surface area (Å²) in [6.45, 7) is 4.84. The van der Waals surface area contributed by atoms with E-state index in [1.54, 1.807) is 0 Å². The van der Waals surface area contributed by atoms with Gasteiger partial charge in [-0.05, 0) is 32.5 Å². The molecule has 2 rings (SSSR count). The number of hydrogen-bond donors (Lipinski definition) is 0. The van der Waals surface area contributed by atoms with Crippen LogP contribution in [0.5, 0.6) is 0 Å². The first kappa shape index (κ1) is 13.6. The largest absolute Gasteiger partial charge is 0.307 e. The average molecular weight is 257 g/mol. The third-order valence-corrected chi connectivity index (χ3v) is 3.71. The summed E-state index contributed by atoms with van der Waals surface area (Å²) in [5.41, 5.74) is 2.04. The summed E-state index contributed by atoms with van der Waals surface area (Å²) < 4.78 is 0. The Bertz CT molecular complexity index is 520. The molecule has 1 aliphatic heterocycles. The number of benzene rings is 1. The maximum Gasteiger partial charge on any atom is 0.245 e. The lowest BCUT2D eigenvalue weighted by atomic mass is 10.0. The van der Waals surface area contributed by atoms with Crippen LogP contribution < -0.4 is 4.90 Å². The number of nitrogens with zero attached hydrogens (tertiary/aromatic N) is 3. The highest BCUT2D eigenvalue weighted by atomic mass is 16.2. The van der Waals surface area contributed by atoms with Gasteiger partial charge in [0.2, 0.25) is 5.91 Å². The predicted octanol–water partition coefficient (Wildman–Crippen LogP) is 1.94. The molecular formula is C15H19N3O. The van der Waals surface area contributed by atoms with Crippen LogP contribution in [0, 0.1) is 18.3 Å². The van der Waals surface area contributed by atoms with E-state index in [1.807, 2.05) is 55.0 Å². The van der Waals surface area contributed by atoms with Crippen molar-refractivity contribution in [1.29, 1.82) is 5.26 Å². The number of aryl methyl sites for hydroxylation is 1. The van der Waals surface area contributed by atoms with Crippen LogP contribution in [0.1, 0.15) is 18.9 Å². The van der Waals surface area contributed by atoms with E-state index in [1.165, 1.54) is 0 Å². The summed E-state index contributed by atoms with van der Waals surface area (Å²) in [6.07, 6.45) is 0.241. The van der Waals surface area contributed by atoms with E-state index in [0.29, 0.717) is 0 Å². The number of piperazine rings is 1. The van der Waals surface area contributed by atoms with Crippen molar-refractivity contribution in [3.8, 4) is 6.07 Å². The molecule has 1 aromatic rings. The maximum absolute atomic E-state index is 12.6. The summed E-state index contributed by atoms with van der Waals surface area (Å²) in [4.78, 5) is 16.4. The second-order valence-corrected chi connectivity index (χ2v) is 5.16. The molecule has 0 N–H and O–H groups in total. The van der Waals surface area contributed by atoms with Crippen LogP contribution in [0.25, 0.3) is 0 Å². The highest BCUT2D eigenvalue weighted by Crippen LogP contribution is 2.27. The van der Waals surface area contributed by atoms with E-state index in [4.69, 9.17) is 5.26 Å². The van der Waals surface area contributed by atoms with Crippen LogP contribution in [0.3, 0.4) is 0 Å². The number of carbonyl (C=O) groups is 1. The fourth-order valence-corrected chi connectivity index (χ4v) is 2.71. The number of para-hydroxylation sites is 1. The lowest BCUT2D eigenvalue weighted by molar-refractivity contribution is -0.126. The van der Waals surface area contributed by atoms with Crippen molar-refractivity contribution < 1.29 is 4.79 Å². The third kappa shape index (κ3) is 2.47. The number of hydrogen-bond acceptors (Lipinski definition) is 3. The first-order chi connectivity index (χ1) is 9.06. The smallest absolute Gasteiger partial charge is 0.245 e. The van der Waals surface area contributed by atoms with Crippen molar-refractivity contribution in [2.24, 2.45) is 0 Å². The Kier molecular flexibility index (Phi) is 3.87. The zero-order chi connectivity index (χ0) is 14.0. The van der Waals surface area contributed by atoms with Crippen LogP contribution in [-0.2, 0) is 4.79 Å². The molecule has 4 heteroatoms. The molecule has 1 amide bonds. The van der Waals surface area contributed by atoms with Gasteiger partial charge in [-0.3, -0.25) is 9.69 Å². The monoisotopic (exact) mass is 257 g/mol. The molecule has 0 radical (unpaired) electrons. The second-order valence-electron chi connectivity index (χ2n) is 5.16. The van der Waals surface area contributed by atoms with Crippen LogP contribution in [-0.4, -0.2) is 36.5 Å². The van der Waals surface area contributed by atoms with E-state index in [9.17, 15) is 4.79 Å². The van der Waals surface area contributed by atoms with Gasteiger partial charge in [0.25, 0.3) is 0 Å². The number of anilines is 1.